The number of carbonyl (C=O) groups is 1. The predicted octanol–water partition coefficient (Wildman–Crippen LogP) is 3.86. The Morgan fingerprint density at radius 2 is 1.50 bits per heavy atom. The van der Waals surface area contributed by atoms with Crippen molar-refractivity contribution in [3.05, 3.63) is 0 Å². The van der Waals surface area contributed by atoms with Crippen molar-refractivity contribution in [3.8, 4) is 0 Å². The van der Waals surface area contributed by atoms with Gasteiger partial charge in [0.15, 0.2) is 10.1 Å². The van der Waals surface area contributed by atoms with Crippen LogP contribution in [0, 0.1) is 16.2 Å². The highest BCUT2D eigenvalue weighted by atomic mass is 35.5. The molecule has 4 fully saturated rings. The van der Waals surface area contributed by atoms with Gasteiger partial charge in [-0.25, -0.2) is 0 Å². The molecular formula is C13H16Cl2O. The van der Waals surface area contributed by atoms with Crippen molar-refractivity contribution in [3.63, 3.8) is 0 Å². The lowest BCUT2D eigenvalue weighted by atomic mass is 9.24. The van der Waals surface area contributed by atoms with Gasteiger partial charge in [-0.2, -0.15) is 0 Å². The highest BCUT2D eigenvalue weighted by molar-refractivity contribution is 6.62. The van der Waals surface area contributed by atoms with Crippen molar-refractivity contribution in [2.45, 2.75) is 55.7 Å². The molecule has 16 heavy (non-hydrogen) atoms. The Balaban J connectivity index is 1.84. The largest absolute Gasteiger partial charge is 0.296 e. The fourth-order valence-electron chi connectivity index (χ4n) is 5.36. The summed E-state index contributed by atoms with van der Waals surface area (Å²) in [6.07, 6.45) is 9.44. The van der Waals surface area contributed by atoms with Gasteiger partial charge in [-0.1, -0.05) is 36.0 Å². The molecule has 0 bridgehead atoms. The van der Waals surface area contributed by atoms with Gasteiger partial charge in [-0.05, 0) is 43.9 Å². The molecule has 4 rings (SSSR count). The molecular weight excluding hydrogens is 243 g/mol. The van der Waals surface area contributed by atoms with E-state index >= 15 is 0 Å². The highest BCUT2D eigenvalue weighted by Gasteiger charge is 2.89. The molecule has 3 heteroatoms. The van der Waals surface area contributed by atoms with Gasteiger partial charge in [0.2, 0.25) is 0 Å². The minimum Gasteiger partial charge on any atom is -0.296 e. The van der Waals surface area contributed by atoms with Gasteiger partial charge in [0.05, 0.1) is 0 Å². The number of rotatable bonds is 0. The van der Waals surface area contributed by atoms with Crippen LogP contribution in [0.25, 0.3) is 0 Å². The summed E-state index contributed by atoms with van der Waals surface area (Å²) in [6, 6.07) is 0. The van der Waals surface area contributed by atoms with Gasteiger partial charge in [0.1, 0.15) is 0 Å². The number of hydrogen-bond donors (Lipinski definition) is 0. The molecule has 0 unspecified atom stereocenters. The van der Waals surface area contributed by atoms with Crippen molar-refractivity contribution >= 4 is 29.0 Å². The summed E-state index contributed by atoms with van der Waals surface area (Å²) >= 11 is 12.8. The lowest BCUT2D eigenvalue weighted by Crippen LogP contribution is -2.84. The van der Waals surface area contributed by atoms with E-state index in [9.17, 15) is 4.79 Å². The Morgan fingerprint density at radius 3 is 1.81 bits per heavy atom. The molecule has 1 atom stereocenters. The number of carbonyl (C=O) groups excluding carboxylic acids is 1. The van der Waals surface area contributed by atoms with Crippen LogP contribution in [0.15, 0.2) is 0 Å². The van der Waals surface area contributed by atoms with E-state index in [2.05, 4.69) is 0 Å². The molecule has 0 saturated heterocycles. The number of ketones is 1. The summed E-state index contributed by atoms with van der Waals surface area (Å²) < 4.78 is -1.05. The first-order valence-electron chi connectivity index (χ1n) is 6.45. The third-order valence-corrected chi connectivity index (χ3v) is 7.46. The van der Waals surface area contributed by atoms with Crippen molar-refractivity contribution in [1.29, 1.82) is 0 Å². The zero-order chi connectivity index (χ0) is 11.2. The average molecular weight is 259 g/mol. The lowest BCUT2D eigenvalue weighted by Gasteiger charge is -2.81. The van der Waals surface area contributed by atoms with Crippen LogP contribution >= 0.6 is 23.2 Å². The Bertz CT molecular complexity index is 387. The van der Waals surface area contributed by atoms with Crippen molar-refractivity contribution in [1.82, 2.24) is 0 Å². The van der Waals surface area contributed by atoms with Crippen molar-refractivity contribution in [2.75, 3.05) is 0 Å². The minimum atomic E-state index is -1.05. The molecule has 4 aliphatic carbocycles. The maximum absolute atomic E-state index is 12.3. The second-order valence-corrected chi connectivity index (χ2v) is 7.71. The highest BCUT2D eigenvalue weighted by Crippen LogP contribution is 2.88. The predicted molar refractivity (Wildman–Crippen MR) is 63.7 cm³/mol. The van der Waals surface area contributed by atoms with Crippen LogP contribution in [0.3, 0.4) is 0 Å². The van der Waals surface area contributed by atoms with Gasteiger partial charge < -0.3 is 0 Å². The number of halogens is 2. The van der Waals surface area contributed by atoms with Gasteiger partial charge in [-0.15, -0.1) is 0 Å². The van der Waals surface area contributed by atoms with E-state index in [1.807, 2.05) is 0 Å². The Kier molecular flexibility index (Phi) is 1.59. The lowest BCUT2D eigenvalue weighted by molar-refractivity contribution is -0.276. The van der Waals surface area contributed by atoms with E-state index < -0.39 is 4.33 Å². The number of hydrogen-bond acceptors (Lipinski definition) is 1. The van der Waals surface area contributed by atoms with Crippen molar-refractivity contribution in [2.24, 2.45) is 16.2 Å². The van der Waals surface area contributed by atoms with Crippen LogP contribution < -0.4 is 0 Å². The SMILES string of the molecule is O=C1C(Cl)(Cl)[C@@]2(CCC23CCC3)C12CCC2. The summed E-state index contributed by atoms with van der Waals surface area (Å²) in [5, 5.41) is 0. The second-order valence-electron chi connectivity index (χ2n) is 6.38. The molecule has 3 spiro atoms. The summed E-state index contributed by atoms with van der Waals surface area (Å²) in [6.45, 7) is 0. The Hall–Kier alpha value is 0.250. The molecule has 1 nitrogen and oxygen atoms in total. The van der Waals surface area contributed by atoms with Gasteiger partial charge >= 0.3 is 0 Å². The fraction of sp³-hybridized carbons (Fsp3) is 0.923. The summed E-state index contributed by atoms with van der Waals surface area (Å²) in [5.74, 6) is 0.153. The first-order valence-corrected chi connectivity index (χ1v) is 7.21. The quantitative estimate of drug-likeness (QED) is 0.603. The molecule has 0 radical (unpaired) electrons. The third-order valence-electron chi connectivity index (χ3n) is 6.47. The topological polar surface area (TPSA) is 17.1 Å². The second kappa shape index (κ2) is 2.49. The molecule has 0 heterocycles. The molecule has 4 saturated carbocycles. The summed E-state index contributed by atoms with van der Waals surface area (Å²) in [5.41, 5.74) is 0.240. The molecule has 0 aromatic rings. The summed E-state index contributed by atoms with van der Waals surface area (Å²) in [4.78, 5) is 12.3. The molecule has 0 amide bonds. The zero-order valence-corrected chi connectivity index (χ0v) is 10.8. The number of Topliss-reactive ketones (excluding diaryl/α,β-unsaturated/α-hetero) is 1. The van der Waals surface area contributed by atoms with Gasteiger partial charge in [-0.3, -0.25) is 4.79 Å². The van der Waals surface area contributed by atoms with Crippen LogP contribution in [0.4, 0.5) is 0 Å². The van der Waals surface area contributed by atoms with Crippen LogP contribution in [0.2, 0.25) is 0 Å². The zero-order valence-electron chi connectivity index (χ0n) is 9.32. The Morgan fingerprint density at radius 1 is 0.875 bits per heavy atom. The number of fused-ring (bicyclic) bond motifs is 2. The van der Waals surface area contributed by atoms with Crippen LogP contribution in [0.1, 0.15) is 51.4 Å². The molecule has 0 aromatic carbocycles. The van der Waals surface area contributed by atoms with E-state index in [0.29, 0.717) is 5.41 Å². The van der Waals surface area contributed by atoms with E-state index in [4.69, 9.17) is 23.2 Å². The van der Waals surface area contributed by atoms with Crippen LogP contribution in [-0.2, 0) is 4.79 Å². The maximum Gasteiger partial charge on any atom is 0.183 e. The van der Waals surface area contributed by atoms with E-state index in [0.717, 1.165) is 19.3 Å². The molecule has 88 valence electrons. The minimum absolute atomic E-state index is 0.0241. The smallest absolute Gasteiger partial charge is 0.183 e. The summed E-state index contributed by atoms with van der Waals surface area (Å²) in [7, 11) is 0. The van der Waals surface area contributed by atoms with Crippen molar-refractivity contribution < 1.29 is 4.79 Å². The van der Waals surface area contributed by atoms with Crippen LogP contribution in [-0.4, -0.2) is 10.1 Å². The molecule has 4 aliphatic rings. The molecule has 0 N–H and O–H groups in total. The molecule has 0 aromatic heterocycles. The first-order chi connectivity index (χ1) is 7.53. The van der Waals surface area contributed by atoms with Crippen LogP contribution in [0.5, 0.6) is 0 Å². The number of alkyl halides is 2. The maximum atomic E-state index is 12.3. The Labute approximate surface area is 106 Å². The average Bonchev–Trinajstić information content (AvgIpc) is 2.04. The fourth-order valence-corrected chi connectivity index (χ4v) is 6.67. The van der Waals surface area contributed by atoms with Gasteiger partial charge in [0.25, 0.3) is 0 Å². The normalized spacial score (nSPS) is 44.8. The third kappa shape index (κ3) is 0.646. The first kappa shape index (κ1) is 10.2. The van der Waals surface area contributed by atoms with E-state index in [1.54, 1.807) is 0 Å². The van der Waals surface area contributed by atoms with E-state index in [-0.39, 0.29) is 16.6 Å². The standard InChI is InChI=1S/C13H16Cl2O/c14-13(15)9(16)11(5-2-6-11)12(13)8-7-10(12)3-1-4-10/h1-8H2/t12-/m1/s1. The molecule has 0 aliphatic heterocycles. The monoisotopic (exact) mass is 258 g/mol. The van der Waals surface area contributed by atoms with Gasteiger partial charge in [0, 0.05) is 10.8 Å². The van der Waals surface area contributed by atoms with E-state index in [1.165, 1.54) is 32.1 Å².